The van der Waals surface area contributed by atoms with Gasteiger partial charge in [-0.2, -0.15) is 0 Å². The molecule has 19 heavy (non-hydrogen) atoms. The average molecular weight is 264 g/mol. The van der Waals surface area contributed by atoms with E-state index in [1.807, 2.05) is 52.0 Å². The maximum Gasteiger partial charge on any atom is 0.240 e. The number of aryl methyl sites for hydroxylation is 1. The van der Waals surface area contributed by atoms with E-state index < -0.39 is 5.54 Å². The molecule has 1 unspecified atom stereocenters. The van der Waals surface area contributed by atoms with Crippen molar-refractivity contribution in [2.45, 2.75) is 39.3 Å². The van der Waals surface area contributed by atoms with Crippen molar-refractivity contribution in [2.24, 2.45) is 0 Å². The SMILES string of the molecule is CNC(C)(C)C(=O)NC(C)COc1ccc(C)cc1. The largest absolute Gasteiger partial charge is 0.491 e. The molecule has 0 fully saturated rings. The molecule has 1 amide bonds. The fourth-order valence-corrected chi connectivity index (χ4v) is 1.42. The third kappa shape index (κ3) is 4.91. The molecular weight excluding hydrogens is 240 g/mol. The Labute approximate surface area is 115 Å². The van der Waals surface area contributed by atoms with Gasteiger partial charge in [-0.3, -0.25) is 4.79 Å². The highest BCUT2D eigenvalue weighted by molar-refractivity contribution is 5.85. The maximum atomic E-state index is 11.9. The van der Waals surface area contributed by atoms with E-state index in [1.54, 1.807) is 7.05 Å². The Kier molecular flexibility index (Phi) is 5.36. The number of likely N-dealkylation sites (N-methyl/N-ethyl adjacent to an activating group) is 1. The minimum Gasteiger partial charge on any atom is -0.491 e. The van der Waals surface area contributed by atoms with Gasteiger partial charge in [0, 0.05) is 0 Å². The van der Waals surface area contributed by atoms with Crippen molar-refractivity contribution in [3.05, 3.63) is 29.8 Å². The summed E-state index contributed by atoms with van der Waals surface area (Å²) in [6.07, 6.45) is 0. The Hall–Kier alpha value is -1.55. The molecule has 2 N–H and O–H groups in total. The van der Waals surface area contributed by atoms with Crippen LogP contribution in [0.25, 0.3) is 0 Å². The molecule has 0 heterocycles. The van der Waals surface area contributed by atoms with E-state index in [9.17, 15) is 4.79 Å². The second kappa shape index (κ2) is 6.57. The van der Waals surface area contributed by atoms with Crippen LogP contribution >= 0.6 is 0 Å². The fraction of sp³-hybridized carbons (Fsp3) is 0.533. The number of hydrogen-bond acceptors (Lipinski definition) is 3. The molecule has 0 aromatic heterocycles. The van der Waals surface area contributed by atoms with Crippen molar-refractivity contribution in [3.63, 3.8) is 0 Å². The van der Waals surface area contributed by atoms with Crippen LogP contribution in [0.3, 0.4) is 0 Å². The minimum atomic E-state index is -0.571. The number of amides is 1. The quantitative estimate of drug-likeness (QED) is 0.825. The zero-order chi connectivity index (χ0) is 14.5. The molecule has 0 spiro atoms. The standard InChI is InChI=1S/C15H24N2O2/c1-11-6-8-13(9-7-11)19-10-12(2)17-14(18)15(3,4)16-5/h6-9,12,16H,10H2,1-5H3,(H,17,18). The number of hydrogen-bond donors (Lipinski definition) is 2. The van der Waals surface area contributed by atoms with Crippen LogP contribution in [-0.4, -0.2) is 31.1 Å². The van der Waals surface area contributed by atoms with E-state index >= 15 is 0 Å². The first kappa shape index (κ1) is 15.5. The molecule has 1 atom stereocenters. The second-order valence-corrected chi connectivity index (χ2v) is 5.37. The molecular formula is C15H24N2O2. The van der Waals surface area contributed by atoms with E-state index in [0.29, 0.717) is 6.61 Å². The lowest BCUT2D eigenvalue weighted by atomic mass is 10.0. The van der Waals surface area contributed by atoms with Crippen LogP contribution < -0.4 is 15.4 Å². The van der Waals surface area contributed by atoms with Crippen molar-refractivity contribution in [1.29, 1.82) is 0 Å². The summed E-state index contributed by atoms with van der Waals surface area (Å²) in [7, 11) is 1.77. The number of nitrogens with one attached hydrogen (secondary N) is 2. The monoisotopic (exact) mass is 264 g/mol. The predicted octanol–water partition coefficient (Wildman–Crippen LogP) is 1.88. The van der Waals surface area contributed by atoms with Gasteiger partial charge < -0.3 is 15.4 Å². The number of carbonyl (C=O) groups excluding carboxylic acids is 1. The molecule has 1 aromatic rings. The summed E-state index contributed by atoms with van der Waals surface area (Å²) in [6, 6.07) is 7.83. The molecule has 1 aromatic carbocycles. The van der Waals surface area contributed by atoms with Crippen molar-refractivity contribution in [1.82, 2.24) is 10.6 Å². The Bertz CT molecular complexity index is 413. The van der Waals surface area contributed by atoms with Gasteiger partial charge in [-0.25, -0.2) is 0 Å². The summed E-state index contributed by atoms with van der Waals surface area (Å²) in [4.78, 5) is 11.9. The third-order valence-electron chi connectivity index (χ3n) is 3.09. The van der Waals surface area contributed by atoms with Crippen molar-refractivity contribution >= 4 is 5.91 Å². The predicted molar refractivity (Wildman–Crippen MR) is 77.4 cm³/mol. The van der Waals surface area contributed by atoms with Crippen LogP contribution in [0.4, 0.5) is 0 Å². The molecule has 0 bridgehead atoms. The van der Waals surface area contributed by atoms with Gasteiger partial charge in [0.2, 0.25) is 5.91 Å². The van der Waals surface area contributed by atoms with E-state index in [-0.39, 0.29) is 11.9 Å². The average Bonchev–Trinajstić information content (AvgIpc) is 2.38. The van der Waals surface area contributed by atoms with Gasteiger partial charge >= 0.3 is 0 Å². The van der Waals surface area contributed by atoms with Crippen LogP contribution in [0.15, 0.2) is 24.3 Å². The molecule has 0 saturated carbocycles. The van der Waals surface area contributed by atoms with Crippen LogP contribution in [0, 0.1) is 6.92 Å². The van der Waals surface area contributed by atoms with Crippen molar-refractivity contribution < 1.29 is 9.53 Å². The van der Waals surface area contributed by atoms with Gasteiger partial charge in [0.15, 0.2) is 0 Å². The smallest absolute Gasteiger partial charge is 0.240 e. The minimum absolute atomic E-state index is 0.0324. The summed E-state index contributed by atoms with van der Waals surface area (Å²) in [6.45, 7) is 8.10. The van der Waals surface area contributed by atoms with Gasteiger partial charge in [0.25, 0.3) is 0 Å². The summed E-state index contributed by atoms with van der Waals surface area (Å²) in [5.41, 5.74) is 0.627. The van der Waals surface area contributed by atoms with Crippen molar-refractivity contribution in [2.75, 3.05) is 13.7 Å². The molecule has 0 radical (unpaired) electrons. The second-order valence-electron chi connectivity index (χ2n) is 5.37. The summed E-state index contributed by atoms with van der Waals surface area (Å²) in [5.74, 6) is 0.787. The number of benzene rings is 1. The number of rotatable bonds is 6. The van der Waals surface area contributed by atoms with Gasteiger partial charge in [-0.15, -0.1) is 0 Å². The molecule has 4 heteroatoms. The Morgan fingerprint density at radius 3 is 2.42 bits per heavy atom. The van der Waals surface area contributed by atoms with Gasteiger partial charge in [-0.05, 0) is 46.9 Å². The van der Waals surface area contributed by atoms with Crippen LogP contribution in [0.2, 0.25) is 0 Å². The van der Waals surface area contributed by atoms with E-state index in [1.165, 1.54) is 5.56 Å². The number of ether oxygens (including phenoxy) is 1. The van der Waals surface area contributed by atoms with Crippen LogP contribution in [0.5, 0.6) is 5.75 Å². The van der Waals surface area contributed by atoms with Crippen LogP contribution in [0.1, 0.15) is 26.3 Å². The molecule has 106 valence electrons. The Morgan fingerprint density at radius 2 is 1.89 bits per heavy atom. The third-order valence-corrected chi connectivity index (χ3v) is 3.09. The highest BCUT2D eigenvalue weighted by atomic mass is 16.5. The Balaban J connectivity index is 2.42. The molecule has 0 aliphatic carbocycles. The van der Waals surface area contributed by atoms with Gasteiger partial charge in [0.05, 0.1) is 11.6 Å². The lowest BCUT2D eigenvalue weighted by Crippen LogP contribution is -2.54. The molecule has 0 saturated heterocycles. The maximum absolute atomic E-state index is 11.9. The Morgan fingerprint density at radius 1 is 1.32 bits per heavy atom. The fourth-order valence-electron chi connectivity index (χ4n) is 1.42. The first-order valence-electron chi connectivity index (χ1n) is 6.54. The first-order valence-corrected chi connectivity index (χ1v) is 6.54. The van der Waals surface area contributed by atoms with E-state index in [4.69, 9.17) is 4.74 Å². The molecule has 4 nitrogen and oxygen atoms in total. The zero-order valence-electron chi connectivity index (χ0n) is 12.4. The summed E-state index contributed by atoms with van der Waals surface area (Å²) >= 11 is 0. The first-order chi connectivity index (χ1) is 8.85. The molecule has 0 aliphatic heterocycles. The highest BCUT2D eigenvalue weighted by Gasteiger charge is 2.26. The lowest BCUT2D eigenvalue weighted by Gasteiger charge is -2.25. The van der Waals surface area contributed by atoms with Gasteiger partial charge in [-0.1, -0.05) is 17.7 Å². The highest BCUT2D eigenvalue weighted by Crippen LogP contribution is 2.11. The van der Waals surface area contributed by atoms with Crippen LogP contribution in [-0.2, 0) is 4.79 Å². The zero-order valence-corrected chi connectivity index (χ0v) is 12.4. The van der Waals surface area contributed by atoms with E-state index in [0.717, 1.165) is 5.75 Å². The lowest BCUT2D eigenvalue weighted by molar-refractivity contribution is -0.127. The molecule has 0 aliphatic rings. The summed E-state index contributed by atoms with van der Waals surface area (Å²) in [5, 5.41) is 5.90. The van der Waals surface area contributed by atoms with E-state index in [2.05, 4.69) is 10.6 Å². The normalized spacial score (nSPS) is 12.9. The van der Waals surface area contributed by atoms with Gasteiger partial charge in [0.1, 0.15) is 12.4 Å². The summed E-state index contributed by atoms with van der Waals surface area (Å²) < 4.78 is 5.63. The van der Waals surface area contributed by atoms with Crippen molar-refractivity contribution in [3.8, 4) is 5.75 Å². The topological polar surface area (TPSA) is 50.4 Å². The molecule has 1 rings (SSSR count). The number of carbonyl (C=O) groups is 1.